The summed E-state index contributed by atoms with van der Waals surface area (Å²) in [6.45, 7) is 0.387. The van der Waals surface area contributed by atoms with Gasteiger partial charge < -0.3 is 19.2 Å². The maximum absolute atomic E-state index is 12.4. The van der Waals surface area contributed by atoms with Gasteiger partial charge in [-0.3, -0.25) is 0 Å². The second-order valence-corrected chi connectivity index (χ2v) is 4.82. The van der Waals surface area contributed by atoms with Crippen LogP contribution in [0.4, 0.5) is 18.9 Å². The van der Waals surface area contributed by atoms with Crippen molar-refractivity contribution in [2.24, 2.45) is 0 Å². The van der Waals surface area contributed by atoms with Crippen LogP contribution in [0, 0.1) is 6.92 Å². The van der Waals surface area contributed by atoms with Crippen LogP contribution in [-0.4, -0.2) is 30.8 Å². The van der Waals surface area contributed by atoms with E-state index >= 15 is 0 Å². The van der Waals surface area contributed by atoms with Gasteiger partial charge in [-0.15, -0.1) is 0 Å². The highest BCUT2D eigenvalue weighted by Crippen LogP contribution is 2.29. The highest BCUT2D eigenvalue weighted by atomic mass is 19.4. The number of carbonyl (C=O) groups excluding carboxylic acids is 1. The van der Waals surface area contributed by atoms with Gasteiger partial charge in [0.25, 0.3) is 0 Å². The van der Waals surface area contributed by atoms with Crippen LogP contribution in [0.1, 0.15) is 22.0 Å². The minimum atomic E-state index is -4.50. The predicted molar refractivity (Wildman–Crippen MR) is 77.9 cm³/mol. The second kappa shape index (κ2) is 7.24. The Bertz CT molecular complexity index is 713. The smallest absolute Gasteiger partial charge is 0.422 e. The molecule has 0 atom stereocenters. The van der Waals surface area contributed by atoms with Gasteiger partial charge >= 0.3 is 12.1 Å². The summed E-state index contributed by atoms with van der Waals surface area (Å²) in [4.78, 5) is 15.5. The number of esters is 1. The molecule has 1 aromatic carbocycles. The zero-order chi connectivity index (χ0) is 17.7. The van der Waals surface area contributed by atoms with Crippen molar-refractivity contribution in [2.45, 2.75) is 19.6 Å². The molecule has 1 heterocycles. The number of hydrogen-bond donors (Lipinski definition) is 1. The third-order valence-corrected chi connectivity index (χ3v) is 2.89. The van der Waals surface area contributed by atoms with E-state index in [0.29, 0.717) is 11.7 Å². The molecule has 2 rings (SSSR count). The summed E-state index contributed by atoms with van der Waals surface area (Å²) < 4.78 is 51.8. The van der Waals surface area contributed by atoms with Crippen LogP contribution in [0.25, 0.3) is 0 Å². The Morgan fingerprint density at radius 2 is 2.12 bits per heavy atom. The molecule has 130 valence electrons. The number of hydrogen-bond acceptors (Lipinski definition) is 6. The molecule has 2 aromatic rings. The number of alkyl halides is 3. The standard InChI is InChI=1S/C15H15F3N2O4/c1-9-6-20-13(24-9)7-19-11-4-3-10(14(21)22-2)5-12(11)23-8-15(16,17)18/h3-6,19H,7-8H2,1-2H3. The first kappa shape index (κ1) is 17.6. The van der Waals surface area contributed by atoms with Crippen molar-refractivity contribution in [3.63, 3.8) is 0 Å². The Morgan fingerprint density at radius 3 is 2.71 bits per heavy atom. The fraction of sp³-hybridized carbons (Fsp3) is 0.333. The number of nitrogens with zero attached hydrogens (tertiary/aromatic N) is 1. The van der Waals surface area contributed by atoms with E-state index in [-0.39, 0.29) is 23.5 Å². The third-order valence-electron chi connectivity index (χ3n) is 2.89. The first-order valence-corrected chi connectivity index (χ1v) is 6.85. The first-order chi connectivity index (χ1) is 11.3. The molecule has 0 aliphatic heterocycles. The Kier molecular flexibility index (Phi) is 5.32. The molecular weight excluding hydrogens is 329 g/mol. The summed E-state index contributed by atoms with van der Waals surface area (Å²) >= 11 is 0. The number of methoxy groups -OCH3 is 1. The lowest BCUT2D eigenvalue weighted by atomic mass is 10.2. The number of ether oxygens (including phenoxy) is 2. The van der Waals surface area contributed by atoms with Crippen molar-refractivity contribution >= 4 is 11.7 Å². The number of aromatic nitrogens is 1. The van der Waals surface area contributed by atoms with Gasteiger partial charge in [0.1, 0.15) is 11.5 Å². The maximum atomic E-state index is 12.4. The normalized spacial score (nSPS) is 11.2. The molecule has 0 aliphatic rings. The van der Waals surface area contributed by atoms with Crippen molar-refractivity contribution in [1.29, 1.82) is 0 Å². The number of aryl methyl sites for hydroxylation is 1. The Hall–Kier alpha value is -2.71. The lowest BCUT2D eigenvalue weighted by molar-refractivity contribution is -0.153. The molecule has 0 amide bonds. The largest absolute Gasteiger partial charge is 0.482 e. The van der Waals surface area contributed by atoms with Gasteiger partial charge in [0, 0.05) is 0 Å². The van der Waals surface area contributed by atoms with E-state index in [1.165, 1.54) is 31.5 Å². The molecule has 0 bridgehead atoms. The minimum Gasteiger partial charge on any atom is -0.482 e. The number of nitrogens with one attached hydrogen (secondary N) is 1. The molecule has 0 saturated heterocycles. The Morgan fingerprint density at radius 1 is 1.38 bits per heavy atom. The van der Waals surface area contributed by atoms with Gasteiger partial charge in [-0.05, 0) is 25.1 Å². The molecule has 0 radical (unpaired) electrons. The van der Waals surface area contributed by atoms with Gasteiger partial charge in [0.2, 0.25) is 5.89 Å². The predicted octanol–water partition coefficient (Wildman–Crippen LogP) is 3.32. The van der Waals surface area contributed by atoms with Crippen LogP contribution in [0.15, 0.2) is 28.8 Å². The van der Waals surface area contributed by atoms with Crippen molar-refractivity contribution in [3.8, 4) is 5.75 Å². The summed E-state index contributed by atoms with van der Waals surface area (Å²) in [7, 11) is 1.18. The van der Waals surface area contributed by atoms with E-state index in [4.69, 9.17) is 9.15 Å². The summed E-state index contributed by atoms with van der Waals surface area (Å²) in [6, 6.07) is 4.02. The zero-order valence-electron chi connectivity index (χ0n) is 12.9. The maximum Gasteiger partial charge on any atom is 0.422 e. The summed E-state index contributed by atoms with van der Waals surface area (Å²) in [5, 5.41) is 2.86. The average Bonchev–Trinajstić information content (AvgIpc) is 2.95. The monoisotopic (exact) mass is 344 g/mol. The fourth-order valence-corrected chi connectivity index (χ4v) is 1.85. The average molecular weight is 344 g/mol. The summed E-state index contributed by atoms with van der Waals surface area (Å²) in [5.41, 5.74) is 0.343. The number of anilines is 1. The molecular formula is C15H15F3N2O4. The molecule has 0 saturated carbocycles. The van der Waals surface area contributed by atoms with E-state index in [1.54, 1.807) is 6.92 Å². The summed E-state index contributed by atoms with van der Waals surface area (Å²) in [5.74, 6) is 0.174. The molecule has 0 spiro atoms. The molecule has 6 nitrogen and oxygen atoms in total. The quantitative estimate of drug-likeness (QED) is 0.811. The van der Waals surface area contributed by atoms with E-state index in [9.17, 15) is 18.0 Å². The van der Waals surface area contributed by atoms with Crippen molar-refractivity contribution in [3.05, 3.63) is 41.6 Å². The number of carbonyl (C=O) groups is 1. The van der Waals surface area contributed by atoms with Crippen molar-refractivity contribution < 1.29 is 31.9 Å². The van der Waals surface area contributed by atoms with Crippen LogP contribution in [0.5, 0.6) is 5.75 Å². The van der Waals surface area contributed by atoms with Crippen molar-refractivity contribution in [2.75, 3.05) is 19.0 Å². The highest BCUT2D eigenvalue weighted by molar-refractivity contribution is 5.90. The molecule has 0 fully saturated rings. The van der Waals surface area contributed by atoms with E-state index < -0.39 is 18.8 Å². The van der Waals surface area contributed by atoms with E-state index in [2.05, 4.69) is 15.0 Å². The molecule has 24 heavy (non-hydrogen) atoms. The molecule has 1 N–H and O–H groups in total. The van der Waals surface area contributed by atoms with Crippen molar-refractivity contribution in [1.82, 2.24) is 4.98 Å². The Balaban J connectivity index is 2.18. The minimum absolute atomic E-state index is 0.0761. The van der Waals surface area contributed by atoms with Gasteiger partial charge in [-0.2, -0.15) is 13.2 Å². The lowest BCUT2D eigenvalue weighted by Crippen LogP contribution is -2.20. The van der Waals surface area contributed by atoms with Crippen LogP contribution < -0.4 is 10.1 Å². The SMILES string of the molecule is COC(=O)c1ccc(NCc2ncc(C)o2)c(OCC(F)(F)F)c1. The van der Waals surface area contributed by atoms with Crippen LogP contribution >= 0.6 is 0 Å². The zero-order valence-corrected chi connectivity index (χ0v) is 12.9. The number of rotatable bonds is 6. The number of halogens is 3. The molecule has 9 heteroatoms. The van der Waals surface area contributed by atoms with Crippen LogP contribution in [0.3, 0.4) is 0 Å². The summed E-state index contributed by atoms with van der Waals surface area (Å²) in [6.07, 6.45) is -2.98. The van der Waals surface area contributed by atoms with Gasteiger partial charge in [-0.1, -0.05) is 0 Å². The molecule has 1 aromatic heterocycles. The fourth-order valence-electron chi connectivity index (χ4n) is 1.85. The second-order valence-electron chi connectivity index (χ2n) is 4.82. The van der Waals surface area contributed by atoms with Gasteiger partial charge in [0.05, 0.1) is 31.1 Å². The lowest BCUT2D eigenvalue weighted by Gasteiger charge is -2.15. The van der Waals surface area contributed by atoms with Crippen LogP contribution in [0.2, 0.25) is 0 Å². The number of benzene rings is 1. The van der Waals surface area contributed by atoms with E-state index in [0.717, 1.165) is 0 Å². The van der Waals surface area contributed by atoms with E-state index in [1.807, 2.05) is 0 Å². The molecule has 0 unspecified atom stereocenters. The van der Waals surface area contributed by atoms with Gasteiger partial charge in [0.15, 0.2) is 6.61 Å². The topological polar surface area (TPSA) is 73.6 Å². The third kappa shape index (κ3) is 4.90. The highest BCUT2D eigenvalue weighted by Gasteiger charge is 2.29. The molecule has 0 aliphatic carbocycles. The number of oxazole rings is 1. The van der Waals surface area contributed by atoms with Crippen LogP contribution in [-0.2, 0) is 11.3 Å². The van der Waals surface area contributed by atoms with Gasteiger partial charge in [-0.25, -0.2) is 9.78 Å². The Labute approximate surface area is 135 Å². The first-order valence-electron chi connectivity index (χ1n) is 6.85.